The van der Waals surface area contributed by atoms with Crippen LogP contribution in [0.5, 0.6) is 0 Å². The Hall–Kier alpha value is -5.87. The summed E-state index contributed by atoms with van der Waals surface area (Å²) in [5.74, 6) is 9.38. The standard InChI is InChI=1S/C82H98N6O9S2/c1-2-81(26-5-6-27-81)62-19-15-53-36-60-57-24-28-82(74(60)73-71(53)77(62)97-79(73)94)65-21-18-58(70-54-31-44-30-45(41-89)32-51-14-17-56(59(70)33-44)49(34-54)13-12-46-8-3-4-9-48(46)37-64(51)90)78(87-63-20-16-47-10-7-11-52(69(47)76(63)93)35-55-39-83-42-85-55)99-98-43-86-66-38-50(25-29-84-66)61(72(57)75(82)80(95)96-65)40-88-67(91)22-23-68(88)92/h3-4,8-9,21-23,25,34,38-39,42,44-45,47,51-54,56-61,63-64,69-70,74,76,78,84,86-87,89-90,93H,2,5-7,10-13,15-16,18-20,24,26-33,35-37,40-41,43H2,1H3,(H,83,85). The molecule has 1 aromatic heterocycles. The number of imide groups is 1. The number of aliphatic hydroxyl groups excluding tert-OH is 3. The largest absolute Gasteiger partial charge is 0.427 e. The number of allylic oxidation sites excluding steroid dienone is 7. The van der Waals surface area contributed by atoms with Crippen molar-refractivity contribution in [3.63, 3.8) is 0 Å². The van der Waals surface area contributed by atoms with Crippen LogP contribution in [0.25, 0.3) is 0 Å². The monoisotopic (exact) mass is 1370 g/mol. The number of hydrogen-bond acceptors (Lipinski definition) is 15. The number of ether oxygens (including phenoxy) is 2. The molecular weight excluding hydrogens is 1280 g/mol. The van der Waals surface area contributed by atoms with Crippen molar-refractivity contribution >= 4 is 45.3 Å². The number of nitrogens with zero attached hydrogens (tertiary/aromatic N) is 2. The summed E-state index contributed by atoms with van der Waals surface area (Å²) in [5.41, 5.74) is 9.61. The molecule has 1 spiro atoms. The molecule has 12 aliphatic carbocycles. The molecule has 6 heterocycles. The van der Waals surface area contributed by atoms with Gasteiger partial charge in [-0.2, -0.15) is 0 Å². The molecule has 15 nitrogen and oxygen atoms in total. The quantitative estimate of drug-likeness (QED) is 0.0387. The lowest BCUT2D eigenvalue weighted by atomic mass is 9.42. The summed E-state index contributed by atoms with van der Waals surface area (Å²) in [6.07, 6.45) is 36.4. The van der Waals surface area contributed by atoms with Crippen molar-refractivity contribution in [2.75, 3.05) is 25.6 Å². The number of dihydropyridines is 1. The number of H-pyrrole nitrogens is 1. The second kappa shape index (κ2) is 26.1. The van der Waals surface area contributed by atoms with Crippen molar-refractivity contribution < 1.29 is 44.0 Å². The van der Waals surface area contributed by atoms with Crippen LogP contribution < -0.4 is 16.0 Å². The molecule has 2 aromatic rings. The summed E-state index contributed by atoms with van der Waals surface area (Å²) >= 11 is 0. The first-order chi connectivity index (χ1) is 48.4. The Bertz CT molecular complexity index is 3940. The number of aliphatic hydroxyl groups is 3. The van der Waals surface area contributed by atoms with Gasteiger partial charge >= 0.3 is 11.9 Å². The summed E-state index contributed by atoms with van der Waals surface area (Å²) < 4.78 is 14.1. The van der Waals surface area contributed by atoms with E-state index in [1.807, 2.05) is 17.0 Å². The molecule has 5 aliphatic heterocycles. The predicted molar refractivity (Wildman–Crippen MR) is 380 cm³/mol. The predicted octanol–water partition coefficient (Wildman–Crippen LogP) is 11.9. The van der Waals surface area contributed by atoms with Gasteiger partial charge in [-0.15, -0.1) is 0 Å². The Morgan fingerprint density at radius 3 is 2.52 bits per heavy atom. The Morgan fingerprint density at radius 2 is 1.69 bits per heavy atom. The maximum absolute atomic E-state index is 16.2. The van der Waals surface area contributed by atoms with E-state index >= 15 is 9.59 Å². The molecule has 21 atom stereocenters. The van der Waals surface area contributed by atoms with Crippen LogP contribution in [0.1, 0.15) is 159 Å². The lowest BCUT2D eigenvalue weighted by Gasteiger charge is -2.58. The van der Waals surface area contributed by atoms with Crippen molar-refractivity contribution in [2.45, 2.75) is 185 Å². The third-order valence-corrected chi connectivity index (χ3v) is 31.2. The zero-order chi connectivity index (χ0) is 67.0. The first kappa shape index (κ1) is 65.2. The molecule has 522 valence electrons. The summed E-state index contributed by atoms with van der Waals surface area (Å²) in [6.45, 7) is 2.93. The Labute approximate surface area is 590 Å². The number of carbonyl (C=O) groups is 4. The average molecular weight is 1380 g/mol. The minimum atomic E-state index is -1.05. The fraction of sp³-hybridized carbons (Fsp3) is 0.622. The number of benzene rings is 1. The maximum atomic E-state index is 16.2. The molecule has 99 heavy (non-hydrogen) atoms. The highest BCUT2D eigenvalue weighted by atomic mass is 33.1. The van der Waals surface area contributed by atoms with Gasteiger partial charge in [-0.05, 0) is 245 Å². The zero-order valence-electron chi connectivity index (χ0n) is 57.3. The molecule has 17 aliphatic rings. The van der Waals surface area contributed by atoms with Crippen LogP contribution in [0.2, 0.25) is 0 Å². The second-order valence-corrected chi connectivity index (χ2v) is 35.6. The number of esters is 2. The lowest BCUT2D eigenvalue weighted by molar-refractivity contribution is -0.138. The number of carbonyl (C=O) groups excluding carboxylic acids is 4. The number of fused-ring (bicyclic) bond motifs is 7. The Morgan fingerprint density at radius 1 is 0.828 bits per heavy atom. The van der Waals surface area contributed by atoms with Crippen LogP contribution >= 0.6 is 21.6 Å². The third-order valence-electron chi connectivity index (χ3n) is 28.8. The third kappa shape index (κ3) is 11.0. The maximum Gasteiger partial charge on any atom is 0.340 e. The van der Waals surface area contributed by atoms with Gasteiger partial charge < -0.3 is 40.4 Å². The van der Waals surface area contributed by atoms with Crippen LogP contribution in [0.15, 0.2) is 130 Å². The number of rotatable bonds is 10. The van der Waals surface area contributed by atoms with Crippen LogP contribution in [-0.4, -0.2) is 103 Å². The second-order valence-electron chi connectivity index (χ2n) is 33.1. The van der Waals surface area contributed by atoms with Gasteiger partial charge in [0.2, 0.25) is 0 Å². The molecular formula is C82H98N6O9S2. The molecule has 2 amide bonds. The number of aromatic amines is 1. The van der Waals surface area contributed by atoms with Gasteiger partial charge in [-0.25, -0.2) is 14.6 Å². The van der Waals surface area contributed by atoms with E-state index in [4.69, 9.17) is 9.47 Å². The topological polar surface area (TPSA) is 215 Å². The molecule has 0 radical (unpaired) electrons. The molecule has 1 aromatic carbocycles. The highest BCUT2D eigenvalue weighted by Gasteiger charge is 2.71. The van der Waals surface area contributed by atoms with E-state index in [0.717, 1.165) is 155 Å². The van der Waals surface area contributed by atoms with E-state index in [1.165, 1.54) is 52.2 Å². The zero-order valence-corrected chi connectivity index (χ0v) is 58.9. The first-order valence-electron chi connectivity index (χ1n) is 38.4. The number of hydrogen-bond donors (Lipinski definition) is 7. The minimum absolute atomic E-state index is 0.000590. The number of aromatic nitrogens is 2. The molecule has 1 saturated heterocycles. The Kier molecular flexibility index (Phi) is 17.2. The van der Waals surface area contributed by atoms with E-state index in [-0.39, 0.29) is 113 Å². The van der Waals surface area contributed by atoms with Gasteiger partial charge in [0.15, 0.2) is 0 Å². The smallest absolute Gasteiger partial charge is 0.340 e. The fourth-order valence-electron chi connectivity index (χ4n) is 24.6. The van der Waals surface area contributed by atoms with Crippen molar-refractivity contribution in [3.05, 3.63) is 146 Å². The van der Waals surface area contributed by atoms with Crippen molar-refractivity contribution in [3.8, 4) is 11.8 Å². The number of nitrogens with one attached hydrogen (secondary N) is 4. The van der Waals surface area contributed by atoms with E-state index in [2.05, 4.69) is 93.3 Å². The normalized spacial score (nSPS) is 40.3. The first-order valence-corrected chi connectivity index (χ1v) is 40.8. The minimum Gasteiger partial charge on any atom is -0.427 e. The molecule has 7 N–H and O–H groups in total. The van der Waals surface area contributed by atoms with Crippen LogP contribution in [0.4, 0.5) is 0 Å². The number of aryl methyl sites for hydroxylation is 1. The van der Waals surface area contributed by atoms with Gasteiger partial charge in [0.05, 0.1) is 46.6 Å². The summed E-state index contributed by atoms with van der Waals surface area (Å²) in [4.78, 5) is 69.0. The van der Waals surface area contributed by atoms with Crippen LogP contribution in [-0.2, 0) is 47.9 Å². The van der Waals surface area contributed by atoms with Crippen LogP contribution in [0.3, 0.4) is 0 Å². The van der Waals surface area contributed by atoms with E-state index in [0.29, 0.717) is 67.2 Å². The van der Waals surface area contributed by atoms with Gasteiger partial charge in [0, 0.05) is 84.6 Å². The molecule has 12 bridgehead atoms. The summed E-state index contributed by atoms with van der Waals surface area (Å²) in [5, 5.41) is 48.7. The summed E-state index contributed by atoms with van der Waals surface area (Å²) in [7, 11) is 3.65. The molecule has 5 saturated carbocycles. The van der Waals surface area contributed by atoms with Gasteiger partial charge in [0.1, 0.15) is 11.5 Å². The Balaban J connectivity index is 0.821. The SMILES string of the molecule is CCC1(C2=C3OC(=O)C4=C3C(CC2)CC2C3CCC5(C6=CCC(C7C8C=C9CCc%10ccccc%10CC(O)C%10C#CC9C7CC(CC(CO)C%10)C8)C(NC7CCC8CCCC(Cc9cnc[nH]9)C8C7O)SSCNC7=CC(=CCN7)C(CN7C(=O)C=CC7=O)C3=C5C(=O)O6)C42)CCCC1. The highest BCUT2D eigenvalue weighted by molar-refractivity contribution is 8.76. The van der Waals surface area contributed by atoms with Gasteiger partial charge in [0.25, 0.3) is 11.8 Å². The van der Waals surface area contributed by atoms with Crippen molar-refractivity contribution in [1.29, 1.82) is 0 Å². The number of imidazole rings is 1. The number of amides is 2. The van der Waals surface area contributed by atoms with Gasteiger partial charge in [-0.3, -0.25) is 19.8 Å². The molecule has 6 fully saturated rings. The van der Waals surface area contributed by atoms with Gasteiger partial charge in [-0.1, -0.05) is 108 Å². The molecule has 17 heteroatoms. The van der Waals surface area contributed by atoms with E-state index in [1.54, 1.807) is 17.1 Å². The van der Waals surface area contributed by atoms with Crippen molar-refractivity contribution in [2.24, 2.45) is 106 Å². The highest BCUT2D eigenvalue weighted by Crippen LogP contribution is 2.74. The molecule has 19 rings (SSSR count). The van der Waals surface area contributed by atoms with E-state index < -0.39 is 35.4 Å². The fourth-order valence-corrected chi connectivity index (χ4v) is 27.1. The van der Waals surface area contributed by atoms with E-state index in [9.17, 15) is 24.9 Å². The molecule has 21 unspecified atom stereocenters. The van der Waals surface area contributed by atoms with Crippen LogP contribution in [0, 0.1) is 117 Å². The summed E-state index contributed by atoms with van der Waals surface area (Å²) in [6, 6.07) is 8.44. The lowest BCUT2D eigenvalue weighted by Crippen LogP contribution is -2.57. The average Bonchev–Trinajstić information content (AvgIpc) is 1.57. The van der Waals surface area contributed by atoms with Crippen molar-refractivity contribution in [1.82, 2.24) is 30.8 Å².